The molecule has 1 aromatic heterocycles. The summed E-state index contributed by atoms with van der Waals surface area (Å²) in [5.74, 6) is 0.814. The summed E-state index contributed by atoms with van der Waals surface area (Å²) in [5, 5.41) is 4.22. The van der Waals surface area contributed by atoms with Gasteiger partial charge in [-0.1, -0.05) is 0 Å². The number of nitrogens with one attached hydrogen (secondary N) is 1. The number of aromatic nitrogens is 1. The highest BCUT2D eigenvalue weighted by atomic mass is 32.1. The predicted octanol–water partition coefficient (Wildman–Crippen LogP) is 2.46. The van der Waals surface area contributed by atoms with Crippen LogP contribution in [0.15, 0.2) is 0 Å². The molecule has 0 unspecified atom stereocenters. The Bertz CT molecular complexity index is 582. The molecule has 1 saturated carbocycles. The van der Waals surface area contributed by atoms with Crippen molar-refractivity contribution in [3.8, 4) is 0 Å². The zero-order valence-electron chi connectivity index (χ0n) is 14.6. The van der Waals surface area contributed by atoms with Gasteiger partial charge in [0.05, 0.1) is 10.7 Å². The highest BCUT2D eigenvalue weighted by molar-refractivity contribution is 7.11. The fraction of sp³-hybridized carbons (Fsp3) is 0.722. The summed E-state index contributed by atoms with van der Waals surface area (Å²) in [7, 11) is 0. The number of hydrogen-bond acceptors (Lipinski definition) is 4. The number of likely N-dealkylation sites (tertiary alicyclic amines) is 1. The lowest BCUT2D eigenvalue weighted by Crippen LogP contribution is -2.43. The van der Waals surface area contributed by atoms with Crippen LogP contribution in [0.1, 0.15) is 47.7 Å². The number of hydrogen-bond donors (Lipinski definition) is 1. The Balaban J connectivity index is 1.33. The molecule has 6 heteroatoms. The second-order valence-corrected chi connectivity index (χ2v) is 8.31. The lowest BCUT2D eigenvalue weighted by Gasteiger charge is -2.31. The average Bonchev–Trinajstić information content (AvgIpc) is 3.38. The Kier molecular flexibility index (Phi) is 5.54. The minimum atomic E-state index is 0.0672. The SMILES string of the molecule is Cc1nc(CCCNC(=O)C2CCN(C(=O)C3CC3)CC2)sc1C. The van der Waals surface area contributed by atoms with Gasteiger partial charge in [0.25, 0.3) is 0 Å². The second kappa shape index (κ2) is 7.64. The smallest absolute Gasteiger partial charge is 0.225 e. The van der Waals surface area contributed by atoms with Crippen LogP contribution >= 0.6 is 11.3 Å². The molecule has 132 valence electrons. The summed E-state index contributed by atoms with van der Waals surface area (Å²) in [4.78, 5) is 32.1. The molecule has 0 radical (unpaired) electrons. The maximum Gasteiger partial charge on any atom is 0.225 e. The summed E-state index contributed by atoms with van der Waals surface area (Å²) in [6, 6.07) is 0. The molecule has 3 rings (SSSR count). The van der Waals surface area contributed by atoms with Gasteiger partial charge >= 0.3 is 0 Å². The summed E-state index contributed by atoms with van der Waals surface area (Å²) in [5.41, 5.74) is 1.12. The van der Waals surface area contributed by atoms with Crippen LogP contribution in [0, 0.1) is 25.7 Å². The first-order valence-electron chi connectivity index (χ1n) is 9.04. The molecule has 1 aliphatic heterocycles. The number of thiazole rings is 1. The Labute approximate surface area is 147 Å². The van der Waals surface area contributed by atoms with E-state index in [-0.39, 0.29) is 17.7 Å². The van der Waals surface area contributed by atoms with E-state index in [1.165, 1.54) is 4.88 Å². The van der Waals surface area contributed by atoms with Crippen LogP contribution in [0.4, 0.5) is 0 Å². The lowest BCUT2D eigenvalue weighted by atomic mass is 9.95. The van der Waals surface area contributed by atoms with E-state index in [2.05, 4.69) is 17.2 Å². The molecule has 0 bridgehead atoms. The summed E-state index contributed by atoms with van der Waals surface area (Å²) in [6.45, 7) is 6.32. The fourth-order valence-corrected chi connectivity index (χ4v) is 4.17. The number of aryl methyl sites for hydroxylation is 3. The van der Waals surface area contributed by atoms with E-state index in [0.717, 1.165) is 62.3 Å². The molecular formula is C18H27N3O2S. The number of piperidine rings is 1. The molecule has 1 aliphatic carbocycles. The van der Waals surface area contributed by atoms with E-state index >= 15 is 0 Å². The first kappa shape index (κ1) is 17.4. The van der Waals surface area contributed by atoms with Crippen molar-refractivity contribution in [3.05, 3.63) is 15.6 Å². The molecule has 2 amide bonds. The molecular weight excluding hydrogens is 322 g/mol. The maximum absolute atomic E-state index is 12.3. The molecule has 1 aromatic rings. The van der Waals surface area contributed by atoms with Gasteiger partial charge in [-0.15, -0.1) is 11.3 Å². The minimum Gasteiger partial charge on any atom is -0.356 e. The molecule has 0 aromatic carbocycles. The van der Waals surface area contributed by atoms with Gasteiger partial charge in [-0.25, -0.2) is 4.98 Å². The van der Waals surface area contributed by atoms with E-state index < -0.39 is 0 Å². The Morgan fingerprint density at radius 3 is 2.46 bits per heavy atom. The standard InChI is InChI=1S/C18H27N3O2S/c1-12-13(2)24-16(20-12)4-3-9-19-17(22)14-7-10-21(11-8-14)18(23)15-5-6-15/h14-15H,3-11H2,1-2H3,(H,19,22). The van der Waals surface area contributed by atoms with Crippen LogP contribution in [0.5, 0.6) is 0 Å². The number of amides is 2. The van der Waals surface area contributed by atoms with E-state index in [1.54, 1.807) is 11.3 Å². The summed E-state index contributed by atoms with van der Waals surface area (Å²) in [6.07, 6.45) is 5.56. The zero-order chi connectivity index (χ0) is 17.1. The summed E-state index contributed by atoms with van der Waals surface area (Å²) < 4.78 is 0. The second-order valence-electron chi connectivity index (χ2n) is 7.02. The molecule has 1 N–H and O–H groups in total. The molecule has 24 heavy (non-hydrogen) atoms. The number of nitrogens with zero attached hydrogens (tertiary/aromatic N) is 2. The summed E-state index contributed by atoms with van der Waals surface area (Å²) >= 11 is 1.75. The van der Waals surface area contributed by atoms with E-state index in [9.17, 15) is 9.59 Å². The fourth-order valence-electron chi connectivity index (χ4n) is 3.19. The highest BCUT2D eigenvalue weighted by Crippen LogP contribution is 2.32. The van der Waals surface area contributed by atoms with Crippen molar-refractivity contribution in [2.45, 2.75) is 52.4 Å². The van der Waals surface area contributed by atoms with Gasteiger partial charge in [-0.2, -0.15) is 0 Å². The number of carbonyl (C=O) groups excluding carboxylic acids is 2. The molecule has 2 aliphatic rings. The highest BCUT2D eigenvalue weighted by Gasteiger charge is 2.35. The zero-order valence-corrected chi connectivity index (χ0v) is 15.5. The maximum atomic E-state index is 12.3. The van der Waals surface area contributed by atoms with Crippen LogP contribution < -0.4 is 5.32 Å². The van der Waals surface area contributed by atoms with Crippen molar-refractivity contribution in [2.24, 2.45) is 11.8 Å². The number of carbonyl (C=O) groups is 2. The van der Waals surface area contributed by atoms with Crippen LogP contribution in [0.2, 0.25) is 0 Å². The molecule has 5 nitrogen and oxygen atoms in total. The normalized spacial score (nSPS) is 18.7. The van der Waals surface area contributed by atoms with Crippen molar-refractivity contribution in [3.63, 3.8) is 0 Å². The van der Waals surface area contributed by atoms with Crippen molar-refractivity contribution < 1.29 is 9.59 Å². The van der Waals surface area contributed by atoms with E-state index in [1.807, 2.05) is 11.8 Å². The Morgan fingerprint density at radius 2 is 1.88 bits per heavy atom. The minimum absolute atomic E-state index is 0.0672. The van der Waals surface area contributed by atoms with Crippen LogP contribution in [-0.2, 0) is 16.0 Å². The van der Waals surface area contributed by atoms with Crippen LogP contribution in [0.3, 0.4) is 0 Å². The Morgan fingerprint density at radius 1 is 1.17 bits per heavy atom. The Hall–Kier alpha value is -1.43. The molecule has 1 saturated heterocycles. The van der Waals surface area contributed by atoms with Crippen molar-refractivity contribution in [1.82, 2.24) is 15.2 Å². The monoisotopic (exact) mass is 349 g/mol. The third-order valence-electron chi connectivity index (χ3n) is 5.04. The quantitative estimate of drug-likeness (QED) is 0.803. The van der Waals surface area contributed by atoms with E-state index in [4.69, 9.17) is 0 Å². The lowest BCUT2D eigenvalue weighted by molar-refractivity contribution is -0.136. The third-order valence-corrected chi connectivity index (χ3v) is 6.18. The van der Waals surface area contributed by atoms with Crippen LogP contribution in [-0.4, -0.2) is 41.3 Å². The van der Waals surface area contributed by atoms with Gasteiger partial charge in [0.15, 0.2) is 0 Å². The predicted molar refractivity (Wildman–Crippen MR) is 94.9 cm³/mol. The van der Waals surface area contributed by atoms with Crippen LogP contribution in [0.25, 0.3) is 0 Å². The van der Waals surface area contributed by atoms with Gasteiger partial charge < -0.3 is 10.2 Å². The molecule has 0 atom stereocenters. The topological polar surface area (TPSA) is 62.3 Å². The van der Waals surface area contributed by atoms with Gasteiger partial charge in [0.1, 0.15) is 0 Å². The van der Waals surface area contributed by atoms with E-state index in [0.29, 0.717) is 12.5 Å². The molecule has 2 heterocycles. The first-order chi connectivity index (χ1) is 11.5. The molecule has 2 fully saturated rings. The van der Waals surface area contributed by atoms with Gasteiger partial charge in [0.2, 0.25) is 11.8 Å². The van der Waals surface area contributed by atoms with Gasteiger partial charge in [0, 0.05) is 42.8 Å². The first-order valence-corrected chi connectivity index (χ1v) is 9.85. The van der Waals surface area contributed by atoms with Crippen molar-refractivity contribution in [1.29, 1.82) is 0 Å². The number of rotatable bonds is 6. The average molecular weight is 350 g/mol. The third kappa shape index (κ3) is 4.35. The molecule has 0 spiro atoms. The largest absolute Gasteiger partial charge is 0.356 e. The van der Waals surface area contributed by atoms with Gasteiger partial charge in [-0.05, 0) is 46.0 Å². The van der Waals surface area contributed by atoms with Gasteiger partial charge in [-0.3, -0.25) is 9.59 Å². The van der Waals surface area contributed by atoms with Crippen molar-refractivity contribution in [2.75, 3.05) is 19.6 Å². The van der Waals surface area contributed by atoms with Crippen molar-refractivity contribution >= 4 is 23.2 Å².